The highest BCUT2D eigenvalue weighted by molar-refractivity contribution is 6.29. The molecule has 0 radical (unpaired) electrons. The number of nitrogens with zero attached hydrogens (tertiary/aromatic N) is 5. The van der Waals surface area contributed by atoms with Gasteiger partial charge in [-0.25, -0.2) is 13.9 Å². The lowest BCUT2D eigenvalue weighted by Gasteiger charge is -2.33. The second kappa shape index (κ2) is 8.01. The Morgan fingerprint density at radius 2 is 2.21 bits per heavy atom. The Hall–Kier alpha value is -2.63. The van der Waals surface area contributed by atoms with E-state index in [1.165, 1.54) is 12.3 Å². The lowest BCUT2D eigenvalue weighted by molar-refractivity contribution is -0.177. The third-order valence-electron chi connectivity index (χ3n) is 3.84. The molecule has 3 heterocycles. The Bertz CT molecular complexity index is 931. The summed E-state index contributed by atoms with van der Waals surface area (Å²) < 4.78 is 26.0. The number of halogens is 2. The largest absolute Gasteiger partial charge is 0.458 e. The van der Waals surface area contributed by atoms with Gasteiger partial charge in [0.15, 0.2) is 29.0 Å². The van der Waals surface area contributed by atoms with Crippen LogP contribution in [0.5, 0.6) is 0 Å². The van der Waals surface area contributed by atoms with Crippen molar-refractivity contribution in [3.63, 3.8) is 0 Å². The maximum Gasteiger partial charge on any atom is 0.338 e. The fourth-order valence-electron chi connectivity index (χ4n) is 2.64. The summed E-state index contributed by atoms with van der Waals surface area (Å²) >= 11 is 5.78. The number of esters is 1. The molecule has 1 saturated heterocycles. The summed E-state index contributed by atoms with van der Waals surface area (Å²) in [6.07, 6.45) is -1.04. The first-order valence-electron chi connectivity index (χ1n) is 8.64. The molecule has 2 aromatic rings. The molecule has 1 aliphatic rings. The van der Waals surface area contributed by atoms with Crippen LogP contribution < -0.4 is 4.90 Å². The number of aliphatic hydroxyl groups excluding tert-OH is 1. The summed E-state index contributed by atoms with van der Waals surface area (Å²) in [4.78, 5) is 25.9. The number of ether oxygens (including phenoxy) is 2. The van der Waals surface area contributed by atoms with E-state index in [-0.39, 0.29) is 24.1 Å². The molecule has 2 atom stereocenters. The van der Waals surface area contributed by atoms with Crippen LogP contribution in [0.4, 0.5) is 10.2 Å². The number of carbonyl (C=O) groups is 2. The first-order valence-corrected chi connectivity index (χ1v) is 9.02. The van der Waals surface area contributed by atoms with Gasteiger partial charge in [-0.05, 0) is 20.8 Å². The SMILES string of the molecule is CC(C)(C)OC(=O)C(O)C1OCCN(c2nn(-c3cnnc(Cl)c3)cc2F)C1=O. The van der Waals surface area contributed by atoms with Crippen LogP contribution in [0.3, 0.4) is 0 Å². The van der Waals surface area contributed by atoms with Crippen molar-refractivity contribution in [3.8, 4) is 5.69 Å². The summed E-state index contributed by atoms with van der Waals surface area (Å²) in [6, 6.07) is 1.42. The molecule has 0 aliphatic carbocycles. The van der Waals surface area contributed by atoms with Gasteiger partial charge in [-0.15, -0.1) is 10.2 Å². The Morgan fingerprint density at radius 3 is 2.86 bits per heavy atom. The van der Waals surface area contributed by atoms with E-state index in [0.717, 1.165) is 15.8 Å². The zero-order valence-electron chi connectivity index (χ0n) is 15.9. The summed E-state index contributed by atoms with van der Waals surface area (Å²) in [6.45, 7) is 4.81. The maximum atomic E-state index is 14.5. The monoisotopic (exact) mass is 427 g/mol. The molecular formula is C17H19ClFN5O5. The van der Waals surface area contributed by atoms with Gasteiger partial charge in [-0.3, -0.25) is 9.69 Å². The molecule has 2 unspecified atom stereocenters. The van der Waals surface area contributed by atoms with Gasteiger partial charge in [0.1, 0.15) is 5.60 Å². The number of morpholine rings is 1. The van der Waals surface area contributed by atoms with Crippen molar-refractivity contribution in [1.82, 2.24) is 20.0 Å². The number of amides is 1. The minimum Gasteiger partial charge on any atom is -0.458 e. The highest BCUT2D eigenvalue weighted by atomic mass is 35.5. The van der Waals surface area contributed by atoms with E-state index >= 15 is 0 Å². The number of anilines is 1. The number of aromatic nitrogens is 4. The number of hydrogen-bond donors (Lipinski definition) is 1. The molecule has 0 aromatic carbocycles. The van der Waals surface area contributed by atoms with Gasteiger partial charge in [-0.1, -0.05) is 11.6 Å². The third kappa shape index (κ3) is 4.69. The van der Waals surface area contributed by atoms with Gasteiger partial charge < -0.3 is 14.6 Å². The minimum absolute atomic E-state index is 0.0142. The Balaban J connectivity index is 1.83. The molecule has 12 heteroatoms. The van der Waals surface area contributed by atoms with Gasteiger partial charge in [0, 0.05) is 6.07 Å². The molecule has 10 nitrogen and oxygen atoms in total. The van der Waals surface area contributed by atoms with E-state index in [1.54, 1.807) is 20.8 Å². The summed E-state index contributed by atoms with van der Waals surface area (Å²) in [5, 5.41) is 21.6. The lowest BCUT2D eigenvalue weighted by atomic mass is 10.1. The molecule has 3 rings (SSSR count). The van der Waals surface area contributed by atoms with Gasteiger partial charge in [-0.2, -0.15) is 5.10 Å². The molecule has 2 aromatic heterocycles. The molecule has 0 spiro atoms. The Morgan fingerprint density at radius 1 is 1.48 bits per heavy atom. The molecule has 156 valence electrons. The minimum atomic E-state index is -1.86. The van der Waals surface area contributed by atoms with Crippen LogP contribution in [0.15, 0.2) is 18.5 Å². The van der Waals surface area contributed by atoms with Gasteiger partial charge in [0.2, 0.25) is 0 Å². The van der Waals surface area contributed by atoms with E-state index in [2.05, 4.69) is 15.3 Å². The molecule has 1 N–H and O–H groups in total. The van der Waals surface area contributed by atoms with Crippen LogP contribution >= 0.6 is 11.6 Å². The Kier molecular flexibility index (Phi) is 5.82. The fraction of sp³-hybridized carbons (Fsp3) is 0.471. The van der Waals surface area contributed by atoms with E-state index in [1.807, 2.05) is 0 Å². The predicted octanol–water partition coefficient (Wildman–Crippen LogP) is 0.889. The molecule has 0 bridgehead atoms. The van der Waals surface area contributed by atoms with E-state index < -0.39 is 35.5 Å². The second-order valence-corrected chi connectivity index (χ2v) is 7.63. The number of hydrogen-bond acceptors (Lipinski definition) is 8. The molecular weight excluding hydrogens is 409 g/mol. The smallest absolute Gasteiger partial charge is 0.338 e. The van der Waals surface area contributed by atoms with Crippen molar-refractivity contribution in [2.75, 3.05) is 18.1 Å². The fourth-order valence-corrected chi connectivity index (χ4v) is 2.80. The maximum absolute atomic E-state index is 14.5. The van der Waals surface area contributed by atoms with Crippen molar-refractivity contribution in [2.24, 2.45) is 0 Å². The van der Waals surface area contributed by atoms with Crippen LogP contribution in [0.25, 0.3) is 5.69 Å². The van der Waals surface area contributed by atoms with E-state index in [4.69, 9.17) is 21.1 Å². The van der Waals surface area contributed by atoms with E-state index in [9.17, 15) is 19.1 Å². The molecule has 1 amide bonds. The van der Waals surface area contributed by atoms with E-state index in [0.29, 0.717) is 5.69 Å². The van der Waals surface area contributed by atoms with Gasteiger partial charge in [0.25, 0.3) is 5.91 Å². The molecule has 1 fully saturated rings. The highest BCUT2D eigenvalue weighted by Crippen LogP contribution is 2.24. The van der Waals surface area contributed by atoms with Gasteiger partial charge >= 0.3 is 5.97 Å². The summed E-state index contributed by atoms with van der Waals surface area (Å²) in [7, 11) is 0. The quantitative estimate of drug-likeness (QED) is 0.714. The predicted molar refractivity (Wildman–Crippen MR) is 98.1 cm³/mol. The topological polar surface area (TPSA) is 120 Å². The average molecular weight is 428 g/mol. The number of carbonyl (C=O) groups excluding carboxylic acids is 2. The van der Waals surface area contributed by atoms with Gasteiger partial charge in [0.05, 0.1) is 31.2 Å². The van der Waals surface area contributed by atoms with Crippen molar-refractivity contribution < 1.29 is 28.6 Å². The van der Waals surface area contributed by atoms with Crippen LogP contribution in [0.2, 0.25) is 5.15 Å². The average Bonchev–Trinajstić information content (AvgIpc) is 3.01. The summed E-state index contributed by atoms with van der Waals surface area (Å²) in [5.74, 6) is -2.91. The van der Waals surface area contributed by atoms with Crippen LogP contribution in [0, 0.1) is 5.82 Å². The van der Waals surface area contributed by atoms with Crippen molar-refractivity contribution >= 4 is 29.3 Å². The van der Waals surface area contributed by atoms with Crippen molar-refractivity contribution in [1.29, 1.82) is 0 Å². The second-order valence-electron chi connectivity index (χ2n) is 7.24. The van der Waals surface area contributed by atoms with Crippen LogP contribution in [-0.2, 0) is 19.1 Å². The highest BCUT2D eigenvalue weighted by Gasteiger charge is 2.42. The zero-order valence-corrected chi connectivity index (χ0v) is 16.6. The molecule has 1 aliphatic heterocycles. The van der Waals surface area contributed by atoms with Crippen LogP contribution in [-0.4, -0.2) is 67.9 Å². The zero-order chi connectivity index (χ0) is 21.3. The standard InChI is InChI=1S/C17H19ClFN5O5/c1-17(2,3)29-16(27)12(25)13-15(26)23(4-5-28-13)14-10(19)8-24(22-14)9-6-11(18)21-20-7-9/h6-8,12-13,25H,4-5H2,1-3H3. The van der Waals surface area contributed by atoms with Crippen molar-refractivity contribution in [3.05, 3.63) is 29.4 Å². The first kappa shape index (κ1) is 21.1. The number of aliphatic hydroxyl groups is 1. The Labute approximate surface area is 170 Å². The lowest BCUT2D eigenvalue weighted by Crippen LogP contribution is -2.55. The van der Waals surface area contributed by atoms with Crippen LogP contribution in [0.1, 0.15) is 20.8 Å². The number of rotatable bonds is 4. The normalized spacial score (nSPS) is 18.6. The summed E-state index contributed by atoms with van der Waals surface area (Å²) in [5.41, 5.74) is -0.526. The molecule has 29 heavy (non-hydrogen) atoms. The van der Waals surface area contributed by atoms with Crippen molar-refractivity contribution in [2.45, 2.75) is 38.6 Å². The first-order chi connectivity index (χ1) is 13.6. The third-order valence-corrected chi connectivity index (χ3v) is 4.02. The molecule has 0 saturated carbocycles.